The van der Waals surface area contributed by atoms with Crippen molar-refractivity contribution in [3.05, 3.63) is 255 Å². The number of nitrogens with zero attached hydrogens (tertiary/aromatic N) is 3. The first-order valence-electron chi connectivity index (χ1n) is 24.0. The molecule has 0 spiro atoms. The van der Waals surface area contributed by atoms with Crippen molar-refractivity contribution in [2.75, 3.05) is 9.80 Å². The summed E-state index contributed by atoms with van der Waals surface area (Å²) >= 11 is 0. The molecule has 0 unspecified atom stereocenters. The average Bonchev–Trinajstić information content (AvgIpc) is 3.86. The first-order valence-corrected chi connectivity index (χ1v) is 24.0. The fourth-order valence-electron chi connectivity index (χ4n) is 10.9. The molecule has 14 rings (SSSR count). The van der Waals surface area contributed by atoms with Crippen LogP contribution < -0.4 is 26.2 Å². The molecule has 1 aromatic heterocycles. The number of aromatic nitrogens is 1. The molecule has 2 aliphatic heterocycles. The maximum Gasteiger partial charge on any atom is 0.252 e. The summed E-state index contributed by atoms with van der Waals surface area (Å²) in [6.07, 6.45) is 0. The molecule has 0 aliphatic carbocycles. The zero-order valence-corrected chi connectivity index (χ0v) is 38.1. The molecule has 326 valence electrons. The fraction of sp³-hybridized carbons (Fsp3) is 0. The van der Waals surface area contributed by atoms with Gasteiger partial charge < -0.3 is 14.2 Å². The third-order valence-corrected chi connectivity index (χ3v) is 14.2. The van der Waals surface area contributed by atoms with Crippen molar-refractivity contribution in [2.24, 2.45) is 0 Å². The highest BCUT2D eigenvalue weighted by atomic mass is 16.3. The molecule has 70 heavy (non-hydrogen) atoms. The van der Waals surface area contributed by atoms with E-state index < -0.39 is 0 Å². The lowest BCUT2D eigenvalue weighted by molar-refractivity contribution is 0.620. The van der Waals surface area contributed by atoms with E-state index in [1.807, 2.05) is 0 Å². The summed E-state index contributed by atoms with van der Waals surface area (Å²) in [5, 5.41) is 2.25. The zero-order valence-electron chi connectivity index (χ0n) is 38.1. The second kappa shape index (κ2) is 16.3. The lowest BCUT2D eigenvalue weighted by Crippen LogP contribution is -2.61. The van der Waals surface area contributed by atoms with Crippen LogP contribution >= 0.6 is 0 Å². The van der Waals surface area contributed by atoms with Gasteiger partial charge in [0.1, 0.15) is 5.52 Å². The number of benzene rings is 11. The predicted octanol–water partition coefficient (Wildman–Crippen LogP) is 15.4. The molecular weight excluding hydrogens is 850 g/mol. The second-order valence-electron chi connectivity index (χ2n) is 18.3. The minimum atomic E-state index is -0.120. The molecule has 0 radical (unpaired) electrons. The van der Waals surface area contributed by atoms with Crippen molar-refractivity contribution in [3.8, 4) is 56.0 Å². The summed E-state index contributed by atoms with van der Waals surface area (Å²) in [6.45, 7) is -0.120. The van der Waals surface area contributed by atoms with Crippen LogP contribution in [-0.2, 0) is 0 Å². The summed E-state index contributed by atoms with van der Waals surface area (Å²) in [5.41, 5.74) is 22.2. The normalized spacial score (nSPS) is 12.5. The summed E-state index contributed by atoms with van der Waals surface area (Å²) < 4.78 is 6.83. The van der Waals surface area contributed by atoms with Gasteiger partial charge in [-0.2, -0.15) is 0 Å². The van der Waals surface area contributed by atoms with Crippen molar-refractivity contribution >= 4 is 79.1 Å². The highest BCUT2D eigenvalue weighted by Crippen LogP contribution is 2.47. The van der Waals surface area contributed by atoms with Crippen LogP contribution in [0.15, 0.2) is 259 Å². The van der Waals surface area contributed by atoms with E-state index in [4.69, 9.17) is 9.40 Å². The molecule has 0 N–H and O–H groups in total. The molecule has 5 heteroatoms. The van der Waals surface area contributed by atoms with Crippen molar-refractivity contribution in [2.45, 2.75) is 0 Å². The van der Waals surface area contributed by atoms with Gasteiger partial charge in [-0.25, -0.2) is 4.98 Å². The molecule has 11 aromatic carbocycles. The van der Waals surface area contributed by atoms with E-state index in [1.165, 1.54) is 60.9 Å². The summed E-state index contributed by atoms with van der Waals surface area (Å²) in [5.74, 6) is 0.579. The second-order valence-corrected chi connectivity index (χ2v) is 18.3. The third-order valence-electron chi connectivity index (χ3n) is 14.2. The Morgan fingerprint density at radius 3 is 1.16 bits per heavy atom. The van der Waals surface area contributed by atoms with E-state index in [-0.39, 0.29) is 6.71 Å². The number of rotatable bonds is 7. The van der Waals surface area contributed by atoms with Crippen molar-refractivity contribution in [3.63, 3.8) is 0 Å². The van der Waals surface area contributed by atoms with Gasteiger partial charge in [-0.05, 0) is 132 Å². The summed E-state index contributed by atoms with van der Waals surface area (Å²) in [4.78, 5) is 10.2. The predicted molar refractivity (Wildman–Crippen MR) is 293 cm³/mol. The van der Waals surface area contributed by atoms with Crippen LogP contribution in [-0.4, -0.2) is 11.7 Å². The van der Waals surface area contributed by atoms with Crippen LogP contribution in [0.25, 0.3) is 77.8 Å². The quantitative estimate of drug-likeness (QED) is 0.149. The first kappa shape index (κ1) is 39.9. The third kappa shape index (κ3) is 6.66. The molecule has 0 saturated carbocycles. The Bertz CT molecular complexity index is 3680. The lowest BCUT2D eigenvalue weighted by atomic mass is 9.33. The minimum Gasteiger partial charge on any atom is -0.436 e. The lowest BCUT2D eigenvalue weighted by Gasteiger charge is -2.44. The molecule has 0 bridgehead atoms. The zero-order chi connectivity index (χ0) is 46.1. The Hall–Kier alpha value is -9.19. The Morgan fingerprint density at radius 1 is 0.314 bits per heavy atom. The summed E-state index contributed by atoms with van der Waals surface area (Å²) in [7, 11) is 0. The van der Waals surface area contributed by atoms with Gasteiger partial charge in [0.05, 0.1) is 0 Å². The Morgan fingerprint density at radius 2 is 0.700 bits per heavy atom. The van der Waals surface area contributed by atoms with E-state index in [0.29, 0.717) is 5.89 Å². The number of hydrogen-bond acceptors (Lipinski definition) is 4. The largest absolute Gasteiger partial charge is 0.436 e. The molecule has 3 heterocycles. The monoisotopic (exact) mass is 891 g/mol. The van der Waals surface area contributed by atoms with Crippen molar-refractivity contribution in [1.82, 2.24) is 4.98 Å². The highest BCUT2D eigenvalue weighted by Gasteiger charge is 2.44. The Balaban J connectivity index is 1.06. The average molecular weight is 892 g/mol. The number of anilines is 6. The van der Waals surface area contributed by atoms with Crippen LogP contribution in [0.3, 0.4) is 0 Å². The molecule has 0 saturated heterocycles. The van der Waals surface area contributed by atoms with Gasteiger partial charge in [-0.3, -0.25) is 0 Å². The minimum absolute atomic E-state index is 0.120. The number of oxazole rings is 1. The molecule has 12 aromatic rings. The molecular formula is C65H42BN3O. The first-order chi connectivity index (χ1) is 34.7. The van der Waals surface area contributed by atoms with Gasteiger partial charge >= 0.3 is 0 Å². The molecule has 0 fully saturated rings. The van der Waals surface area contributed by atoms with E-state index in [2.05, 4.69) is 265 Å². The SMILES string of the molecule is c1ccc(-c2ccc(N3c4ccc(-c5ccccc5)cc4B4c5cc(-c6ccccc6)ccc5N(c5ccc(-c6ccccc6)cc5)c5cc(-c6nc7cc8ccccc8cc7o6)cc3c54)cc2)cc1. The molecule has 0 atom stereocenters. The standard InChI is InChI=1S/C65H42BN3O/c1-5-15-43(16-6-1)47-25-31-54(32-26-47)68-59-35-29-51(45-19-9-3-10-20-45)37-56(59)66-57-38-52(46-21-11-4-12-22-46)30-36-60(57)69(55-33-27-48(28-34-55)44-17-7-2-8-18-44)62-41-53(40-61(68)64(62)66)65-67-58-39-49-23-13-14-24-50(49)42-63(58)70-65/h1-42H. The van der Waals surface area contributed by atoms with E-state index >= 15 is 0 Å². The topological polar surface area (TPSA) is 32.5 Å². The van der Waals surface area contributed by atoms with Crippen LogP contribution in [0, 0.1) is 0 Å². The van der Waals surface area contributed by atoms with Gasteiger partial charge in [0.25, 0.3) is 6.71 Å². The van der Waals surface area contributed by atoms with Gasteiger partial charge in [0.15, 0.2) is 5.58 Å². The summed E-state index contributed by atoms with van der Waals surface area (Å²) in [6, 6.07) is 92.2. The van der Waals surface area contributed by atoms with Crippen molar-refractivity contribution < 1.29 is 4.42 Å². The Labute approximate surface area is 407 Å². The smallest absolute Gasteiger partial charge is 0.252 e. The molecule has 0 amide bonds. The van der Waals surface area contributed by atoms with Gasteiger partial charge in [-0.15, -0.1) is 0 Å². The maximum absolute atomic E-state index is 6.83. The van der Waals surface area contributed by atoms with Gasteiger partial charge in [-0.1, -0.05) is 194 Å². The van der Waals surface area contributed by atoms with Crippen LogP contribution in [0.5, 0.6) is 0 Å². The number of hydrogen-bond donors (Lipinski definition) is 0. The van der Waals surface area contributed by atoms with E-state index in [1.54, 1.807) is 0 Å². The highest BCUT2D eigenvalue weighted by molar-refractivity contribution is 7.00. The number of fused-ring (bicyclic) bond motifs is 6. The van der Waals surface area contributed by atoms with E-state index in [9.17, 15) is 0 Å². The maximum atomic E-state index is 6.83. The van der Waals surface area contributed by atoms with Crippen molar-refractivity contribution in [1.29, 1.82) is 0 Å². The van der Waals surface area contributed by atoms with E-state index in [0.717, 1.165) is 61.6 Å². The van der Waals surface area contributed by atoms with Crippen LogP contribution in [0.1, 0.15) is 0 Å². The Kier molecular flexibility index (Phi) is 9.27. The van der Waals surface area contributed by atoms with Crippen LogP contribution in [0.4, 0.5) is 34.1 Å². The molecule has 4 nitrogen and oxygen atoms in total. The fourth-order valence-corrected chi connectivity index (χ4v) is 10.9. The van der Waals surface area contributed by atoms with Gasteiger partial charge in [0.2, 0.25) is 5.89 Å². The van der Waals surface area contributed by atoms with Crippen LogP contribution in [0.2, 0.25) is 0 Å². The van der Waals surface area contributed by atoms with Gasteiger partial charge in [0, 0.05) is 39.7 Å². The molecule has 2 aliphatic rings.